The third-order valence-electron chi connectivity index (χ3n) is 3.51. The molecule has 0 saturated carbocycles. The molecule has 1 unspecified atom stereocenters. The van der Waals surface area contributed by atoms with E-state index in [9.17, 15) is 9.90 Å². The number of phenols is 1. The van der Waals surface area contributed by atoms with Crippen LogP contribution < -0.4 is 10.1 Å². The number of methoxy groups -OCH3 is 1. The topological polar surface area (TPSA) is 58.6 Å². The van der Waals surface area contributed by atoms with E-state index in [1.165, 1.54) is 0 Å². The molecule has 2 rings (SSSR count). The number of phenolic OH excluding ortho intramolecular Hbond substituents is 1. The van der Waals surface area contributed by atoms with Crippen LogP contribution >= 0.6 is 0 Å². The molecule has 2 aromatic rings. The van der Waals surface area contributed by atoms with E-state index in [0.29, 0.717) is 11.1 Å². The number of hydrogen-bond donors (Lipinski definition) is 2. The summed E-state index contributed by atoms with van der Waals surface area (Å²) in [6.45, 7) is 3.64. The van der Waals surface area contributed by atoms with Gasteiger partial charge in [-0.25, -0.2) is 0 Å². The third-order valence-corrected chi connectivity index (χ3v) is 3.51. The first-order valence-electron chi connectivity index (χ1n) is 6.76. The van der Waals surface area contributed by atoms with Crippen molar-refractivity contribution in [3.63, 3.8) is 0 Å². The highest BCUT2D eigenvalue weighted by Gasteiger charge is 2.14. The SMILES string of the molecule is COc1ccc(C(C)NC(=O)c2cccc(O)c2C)cc1. The first kappa shape index (κ1) is 14.9. The molecule has 0 aliphatic carbocycles. The van der Waals surface area contributed by atoms with Crippen LogP contribution in [0.1, 0.15) is 34.5 Å². The van der Waals surface area contributed by atoms with Crippen molar-refractivity contribution < 1.29 is 14.6 Å². The number of rotatable bonds is 4. The molecule has 1 atom stereocenters. The highest BCUT2D eigenvalue weighted by Crippen LogP contribution is 2.21. The number of nitrogens with one attached hydrogen (secondary N) is 1. The van der Waals surface area contributed by atoms with E-state index < -0.39 is 0 Å². The Morgan fingerprint density at radius 2 is 1.86 bits per heavy atom. The molecule has 1 amide bonds. The minimum absolute atomic E-state index is 0.125. The van der Waals surface area contributed by atoms with Gasteiger partial charge in [0, 0.05) is 11.1 Å². The van der Waals surface area contributed by atoms with Crippen LogP contribution in [0.2, 0.25) is 0 Å². The molecular formula is C17H19NO3. The molecule has 0 aliphatic heterocycles. The smallest absolute Gasteiger partial charge is 0.252 e. The van der Waals surface area contributed by atoms with Gasteiger partial charge in [0.1, 0.15) is 11.5 Å². The fraction of sp³-hybridized carbons (Fsp3) is 0.235. The normalized spacial score (nSPS) is 11.8. The standard InChI is InChI=1S/C17H19NO3/c1-11-15(5-4-6-16(11)19)17(20)18-12(2)13-7-9-14(21-3)10-8-13/h4-10,12,19H,1-3H3,(H,18,20). The molecule has 0 spiro atoms. The second-order valence-corrected chi connectivity index (χ2v) is 4.92. The quantitative estimate of drug-likeness (QED) is 0.907. The van der Waals surface area contributed by atoms with Crippen LogP contribution in [0.4, 0.5) is 0 Å². The Hall–Kier alpha value is -2.49. The van der Waals surface area contributed by atoms with E-state index in [0.717, 1.165) is 11.3 Å². The number of amides is 1. The van der Waals surface area contributed by atoms with Crippen LogP contribution in [0, 0.1) is 6.92 Å². The van der Waals surface area contributed by atoms with Gasteiger partial charge in [0.2, 0.25) is 0 Å². The Bertz CT molecular complexity index is 635. The van der Waals surface area contributed by atoms with E-state index >= 15 is 0 Å². The Kier molecular flexibility index (Phi) is 4.48. The average molecular weight is 285 g/mol. The molecule has 0 aliphatic rings. The lowest BCUT2D eigenvalue weighted by Gasteiger charge is -2.16. The van der Waals surface area contributed by atoms with Crippen molar-refractivity contribution in [3.8, 4) is 11.5 Å². The molecule has 0 bridgehead atoms. The zero-order chi connectivity index (χ0) is 15.4. The summed E-state index contributed by atoms with van der Waals surface area (Å²) in [7, 11) is 1.62. The molecule has 0 aromatic heterocycles. The molecule has 2 N–H and O–H groups in total. The maximum Gasteiger partial charge on any atom is 0.252 e. The van der Waals surface area contributed by atoms with Gasteiger partial charge >= 0.3 is 0 Å². The van der Waals surface area contributed by atoms with E-state index in [1.54, 1.807) is 32.2 Å². The molecule has 0 fully saturated rings. The minimum Gasteiger partial charge on any atom is -0.508 e. The highest BCUT2D eigenvalue weighted by atomic mass is 16.5. The zero-order valence-electron chi connectivity index (χ0n) is 12.4. The molecule has 0 heterocycles. The van der Waals surface area contributed by atoms with Gasteiger partial charge < -0.3 is 15.2 Å². The average Bonchev–Trinajstić information content (AvgIpc) is 2.50. The van der Waals surface area contributed by atoms with Crippen molar-refractivity contribution in [3.05, 3.63) is 59.2 Å². The summed E-state index contributed by atoms with van der Waals surface area (Å²) in [5.41, 5.74) is 2.05. The lowest BCUT2D eigenvalue weighted by Crippen LogP contribution is -2.27. The fourth-order valence-electron chi connectivity index (χ4n) is 2.12. The monoisotopic (exact) mass is 285 g/mol. The molecule has 4 heteroatoms. The van der Waals surface area contributed by atoms with Crippen molar-refractivity contribution in [1.82, 2.24) is 5.32 Å². The number of aromatic hydroxyl groups is 1. The summed E-state index contributed by atoms with van der Waals surface area (Å²) in [4.78, 5) is 12.3. The van der Waals surface area contributed by atoms with Gasteiger partial charge in [-0.3, -0.25) is 4.79 Å². The first-order chi connectivity index (χ1) is 10.0. The maximum atomic E-state index is 12.3. The molecule has 21 heavy (non-hydrogen) atoms. The van der Waals surface area contributed by atoms with Crippen LogP contribution in [0.15, 0.2) is 42.5 Å². The lowest BCUT2D eigenvalue weighted by atomic mass is 10.0. The van der Waals surface area contributed by atoms with Crippen LogP contribution in [0.3, 0.4) is 0 Å². The summed E-state index contributed by atoms with van der Waals surface area (Å²) in [5, 5.41) is 12.6. The van der Waals surface area contributed by atoms with Crippen molar-refractivity contribution >= 4 is 5.91 Å². The Labute approximate surface area is 124 Å². The predicted octanol–water partition coefficient (Wildman–Crippen LogP) is 3.20. The lowest BCUT2D eigenvalue weighted by molar-refractivity contribution is 0.0939. The second-order valence-electron chi connectivity index (χ2n) is 4.92. The number of carbonyl (C=O) groups is 1. The minimum atomic E-state index is -0.202. The third kappa shape index (κ3) is 3.34. The zero-order valence-corrected chi connectivity index (χ0v) is 12.4. The van der Waals surface area contributed by atoms with E-state index in [2.05, 4.69) is 5.32 Å². The number of ether oxygens (including phenoxy) is 1. The number of hydrogen-bond acceptors (Lipinski definition) is 3. The van der Waals surface area contributed by atoms with Gasteiger partial charge in [-0.2, -0.15) is 0 Å². The molecular weight excluding hydrogens is 266 g/mol. The predicted molar refractivity (Wildman–Crippen MR) is 81.7 cm³/mol. The van der Waals surface area contributed by atoms with Gasteiger partial charge in [0.15, 0.2) is 0 Å². The van der Waals surface area contributed by atoms with Gasteiger partial charge in [-0.15, -0.1) is 0 Å². The van der Waals surface area contributed by atoms with Crippen LogP contribution in [-0.4, -0.2) is 18.1 Å². The molecule has 0 saturated heterocycles. The summed E-state index contributed by atoms with van der Waals surface area (Å²) in [6.07, 6.45) is 0. The van der Waals surface area contributed by atoms with Crippen molar-refractivity contribution in [2.24, 2.45) is 0 Å². The van der Waals surface area contributed by atoms with Crippen molar-refractivity contribution in [1.29, 1.82) is 0 Å². The summed E-state index contributed by atoms with van der Waals surface area (Å²) >= 11 is 0. The molecule has 4 nitrogen and oxygen atoms in total. The van der Waals surface area contributed by atoms with E-state index in [4.69, 9.17) is 4.74 Å². The summed E-state index contributed by atoms with van der Waals surface area (Å²) < 4.78 is 5.11. The summed E-state index contributed by atoms with van der Waals surface area (Å²) in [6, 6.07) is 12.3. The van der Waals surface area contributed by atoms with Crippen LogP contribution in [-0.2, 0) is 0 Å². The van der Waals surface area contributed by atoms with Crippen molar-refractivity contribution in [2.75, 3.05) is 7.11 Å². The van der Waals surface area contributed by atoms with Gasteiger partial charge in [-0.05, 0) is 43.7 Å². The Morgan fingerprint density at radius 1 is 1.19 bits per heavy atom. The van der Waals surface area contributed by atoms with Gasteiger partial charge in [0.05, 0.1) is 13.2 Å². The molecule has 2 aromatic carbocycles. The van der Waals surface area contributed by atoms with Crippen LogP contribution in [0.5, 0.6) is 11.5 Å². The van der Waals surface area contributed by atoms with Gasteiger partial charge in [-0.1, -0.05) is 18.2 Å². The van der Waals surface area contributed by atoms with E-state index in [-0.39, 0.29) is 17.7 Å². The Morgan fingerprint density at radius 3 is 2.48 bits per heavy atom. The van der Waals surface area contributed by atoms with Gasteiger partial charge in [0.25, 0.3) is 5.91 Å². The molecule has 110 valence electrons. The number of carbonyl (C=O) groups excluding carboxylic acids is 1. The largest absolute Gasteiger partial charge is 0.508 e. The number of benzene rings is 2. The van der Waals surface area contributed by atoms with Crippen molar-refractivity contribution in [2.45, 2.75) is 19.9 Å². The Balaban J connectivity index is 2.12. The fourth-order valence-corrected chi connectivity index (χ4v) is 2.12. The first-order valence-corrected chi connectivity index (χ1v) is 6.76. The van der Waals surface area contributed by atoms with Crippen LogP contribution in [0.25, 0.3) is 0 Å². The second kappa shape index (κ2) is 6.31. The molecule has 0 radical (unpaired) electrons. The highest BCUT2D eigenvalue weighted by molar-refractivity contribution is 5.96. The van der Waals surface area contributed by atoms with E-state index in [1.807, 2.05) is 31.2 Å². The summed E-state index contributed by atoms with van der Waals surface area (Å²) in [5.74, 6) is 0.701. The maximum absolute atomic E-state index is 12.3.